The molecule has 0 aliphatic carbocycles. The maximum atomic E-state index is 12.0. The lowest BCUT2D eigenvalue weighted by atomic mass is 9.94. The molecule has 0 bridgehead atoms. The van der Waals surface area contributed by atoms with Gasteiger partial charge in [-0.25, -0.2) is 0 Å². The van der Waals surface area contributed by atoms with Crippen LogP contribution >= 0.6 is 43.2 Å². The van der Waals surface area contributed by atoms with Gasteiger partial charge in [-0.2, -0.15) is 0 Å². The van der Waals surface area contributed by atoms with Gasteiger partial charge in [-0.1, -0.05) is 0 Å². The van der Waals surface area contributed by atoms with Crippen LogP contribution in [-0.4, -0.2) is 37.5 Å². The molecule has 106 valence electrons. The van der Waals surface area contributed by atoms with Gasteiger partial charge in [0.2, 0.25) is 0 Å². The first-order valence-corrected chi connectivity index (χ1v) is 8.88. The summed E-state index contributed by atoms with van der Waals surface area (Å²) in [5.74, 6) is 0.774. The largest absolute Gasteiger partial charge is 0.352 e. The highest BCUT2D eigenvalue weighted by molar-refractivity contribution is 9.12. The van der Waals surface area contributed by atoms with E-state index in [1.165, 1.54) is 37.3 Å². The van der Waals surface area contributed by atoms with Crippen molar-refractivity contribution >= 4 is 49.1 Å². The lowest BCUT2D eigenvalue weighted by molar-refractivity contribution is 0.0948. The molecular formula is C13H18Br2N2OS. The standard InChI is InChI=1S/C13H18Br2N2OS/c1-17-6-3-9(4-7-17)2-5-16-13(18)10-8-11(14)19-12(10)15/h8-9H,2-7H2,1H3,(H,16,18). The topological polar surface area (TPSA) is 32.3 Å². The predicted octanol–water partition coefficient (Wildman–Crippen LogP) is 3.73. The van der Waals surface area contributed by atoms with Crippen LogP contribution < -0.4 is 5.32 Å². The van der Waals surface area contributed by atoms with E-state index in [-0.39, 0.29) is 5.91 Å². The summed E-state index contributed by atoms with van der Waals surface area (Å²) in [5, 5.41) is 3.01. The summed E-state index contributed by atoms with van der Waals surface area (Å²) in [5.41, 5.74) is 0.722. The van der Waals surface area contributed by atoms with Gasteiger partial charge in [-0.05, 0) is 83.2 Å². The normalized spacial score (nSPS) is 17.6. The van der Waals surface area contributed by atoms with Gasteiger partial charge in [0, 0.05) is 6.54 Å². The first kappa shape index (κ1) is 15.5. The minimum atomic E-state index is 0.0155. The molecule has 0 atom stereocenters. The molecule has 0 saturated carbocycles. The molecule has 1 N–H and O–H groups in total. The fourth-order valence-corrected chi connectivity index (χ4v) is 5.12. The SMILES string of the molecule is CN1CCC(CCNC(=O)c2cc(Br)sc2Br)CC1. The minimum Gasteiger partial charge on any atom is -0.352 e. The van der Waals surface area contributed by atoms with Crippen molar-refractivity contribution in [3.63, 3.8) is 0 Å². The summed E-state index contributed by atoms with van der Waals surface area (Å²) in [4.78, 5) is 14.4. The van der Waals surface area contributed by atoms with Crippen molar-refractivity contribution in [1.82, 2.24) is 10.2 Å². The van der Waals surface area contributed by atoms with Crippen molar-refractivity contribution in [2.45, 2.75) is 19.3 Å². The summed E-state index contributed by atoms with van der Waals surface area (Å²) in [6, 6.07) is 1.86. The van der Waals surface area contributed by atoms with Crippen LogP contribution in [0.25, 0.3) is 0 Å². The average Bonchev–Trinajstić information content (AvgIpc) is 2.71. The number of hydrogen-bond donors (Lipinski definition) is 1. The number of piperidine rings is 1. The number of nitrogens with one attached hydrogen (secondary N) is 1. The highest BCUT2D eigenvalue weighted by atomic mass is 79.9. The van der Waals surface area contributed by atoms with Crippen molar-refractivity contribution in [3.05, 3.63) is 19.2 Å². The molecule has 1 aliphatic heterocycles. The van der Waals surface area contributed by atoms with Crippen LogP contribution in [0.15, 0.2) is 13.6 Å². The molecule has 3 nitrogen and oxygen atoms in total. The van der Waals surface area contributed by atoms with Crippen LogP contribution in [0.2, 0.25) is 0 Å². The van der Waals surface area contributed by atoms with Crippen LogP contribution in [0.1, 0.15) is 29.6 Å². The Hall–Kier alpha value is 0.0900. The number of halogens is 2. The highest BCUT2D eigenvalue weighted by Gasteiger charge is 2.17. The van der Waals surface area contributed by atoms with E-state index in [1.807, 2.05) is 6.07 Å². The van der Waals surface area contributed by atoms with Crippen molar-refractivity contribution in [1.29, 1.82) is 0 Å². The third kappa shape index (κ3) is 4.55. The van der Waals surface area contributed by atoms with Crippen LogP contribution in [-0.2, 0) is 0 Å². The third-order valence-corrected chi connectivity index (χ3v) is 5.92. The molecule has 1 aromatic rings. The van der Waals surface area contributed by atoms with Crippen LogP contribution in [0.4, 0.5) is 0 Å². The summed E-state index contributed by atoms with van der Waals surface area (Å²) in [7, 11) is 2.17. The van der Waals surface area contributed by atoms with Gasteiger partial charge in [-0.3, -0.25) is 4.79 Å². The molecule has 1 aromatic heterocycles. The first-order chi connectivity index (χ1) is 9.06. The van der Waals surface area contributed by atoms with E-state index in [1.54, 1.807) is 0 Å². The second-order valence-corrected chi connectivity index (χ2v) is 8.78. The Kier molecular flexibility index (Phi) is 5.87. The number of nitrogens with zero attached hydrogens (tertiary/aromatic N) is 1. The summed E-state index contributed by atoms with van der Waals surface area (Å²) in [6.45, 7) is 3.14. The second kappa shape index (κ2) is 7.20. The van der Waals surface area contributed by atoms with Gasteiger partial charge in [-0.15, -0.1) is 11.3 Å². The summed E-state index contributed by atoms with van der Waals surface area (Å²) in [6.07, 6.45) is 3.59. The Balaban J connectivity index is 1.74. The molecule has 1 amide bonds. The van der Waals surface area contributed by atoms with E-state index in [4.69, 9.17) is 0 Å². The molecule has 19 heavy (non-hydrogen) atoms. The molecule has 1 fully saturated rings. The molecular weight excluding hydrogens is 392 g/mol. The van der Waals surface area contributed by atoms with E-state index >= 15 is 0 Å². The smallest absolute Gasteiger partial charge is 0.253 e. The number of carbonyl (C=O) groups is 1. The number of thiophene rings is 1. The zero-order valence-electron chi connectivity index (χ0n) is 10.9. The quantitative estimate of drug-likeness (QED) is 0.821. The minimum absolute atomic E-state index is 0.0155. The Morgan fingerprint density at radius 2 is 2.16 bits per heavy atom. The maximum Gasteiger partial charge on any atom is 0.253 e. The number of amides is 1. The Morgan fingerprint density at radius 3 is 2.74 bits per heavy atom. The summed E-state index contributed by atoms with van der Waals surface area (Å²) >= 11 is 8.33. The van der Waals surface area contributed by atoms with E-state index in [0.29, 0.717) is 0 Å². The maximum absolute atomic E-state index is 12.0. The number of carbonyl (C=O) groups excluding carboxylic acids is 1. The molecule has 0 radical (unpaired) electrons. The predicted molar refractivity (Wildman–Crippen MR) is 86.9 cm³/mol. The fourth-order valence-electron chi connectivity index (χ4n) is 2.33. The Labute approximate surface area is 135 Å². The Bertz CT molecular complexity index is 442. The van der Waals surface area contributed by atoms with Crippen LogP contribution in [0, 0.1) is 5.92 Å². The summed E-state index contributed by atoms with van der Waals surface area (Å²) < 4.78 is 1.86. The van der Waals surface area contributed by atoms with Crippen LogP contribution in [0.3, 0.4) is 0 Å². The zero-order valence-corrected chi connectivity index (χ0v) is 14.9. The molecule has 6 heteroatoms. The highest BCUT2D eigenvalue weighted by Crippen LogP contribution is 2.31. The van der Waals surface area contributed by atoms with Crippen molar-refractivity contribution in [3.8, 4) is 0 Å². The van der Waals surface area contributed by atoms with Crippen LogP contribution in [0.5, 0.6) is 0 Å². The van der Waals surface area contributed by atoms with E-state index in [2.05, 4.69) is 49.1 Å². The fraction of sp³-hybridized carbons (Fsp3) is 0.615. The van der Waals surface area contributed by atoms with Gasteiger partial charge in [0.25, 0.3) is 5.91 Å². The Morgan fingerprint density at radius 1 is 1.47 bits per heavy atom. The van der Waals surface area contributed by atoms with Gasteiger partial charge < -0.3 is 10.2 Å². The molecule has 1 saturated heterocycles. The van der Waals surface area contributed by atoms with E-state index in [0.717, 1.165) is 32.0 Å². The number of likely N-dealkylation sites (tertiary alicyclic amines) is 1. The molecule has 0 spiro atoms. The molecule has 2 heterocycles. The van der Waals surface area contributed by atoms with Crippen molar-refractivity contribution < 1.29 is 4.79 Å². The first-order valence-electron chi connectivity index (χ1n) is 6.48. The van der Waals surface area contributed by atoms with Crippen molar-refractivity contribution in [2.24, 2.45) is 5.92 Å². The number of rotatable bonds is 4. The van der Waals surface area contributed by atoms with Gasteiger partial charge in [0.15, 0.2) is 0 Å². The van der Waals surface area contributed by atoms with E-state index < -0.39 is 0 Å². The molecule has 0 aromatic carbocycles. The lowest BCUT2D eigenvalue weighted by Crippen LogP contribution is -2.32. The lowest BCUT2D eigenvalue weighted by Gasteiger charge is -2.28. The molecule has 2 rings (SSSR count). The monoisotopic (exact) mass is 408 g/mol. The van der Waals surface area contributed by atoms with E-state index in [9.17, 15) is 4.79 Å². The average molecular weight is 410 g/mol. The third-order valence-electron chi connectivity index (χ3n) is 3.58. The molecule has 0 unspecified atom stereocenters. The van der Waals surface area contributed by atoms with Gasteiger partial charge in [0.1, 0.15) is 0 Å². The second-order valence-electron chi connectivity index (χ2n) is 5.03. The van der Waals surface area contributed by atoms with Crippen molar-refractivity contribution in [2.75, 3.05) is 26.7 Å². The zero-order chi connectivity index (χ0) is 13.8. The molecule has 1 aliphatic rings. The van der Waals surface area contributed by atoms with Gasteiger partial charge in [0.05, 0.1) is 13.1 Å². The van der Waals surface area contributed by atoms with Gasteiger partial charge >= 0.3 is 0 Å². The number of hydrogen-bond acceptors (Lipinski definition) is 3.